The number of halogens is 1. The molecule has 0 saturated carbocycles. The van der Waals surface area contributed by atoms with Gasteiger partial charge in [0, 0.05) is 37.8 Å². The van der Waals surface area contributed by atoms with Crippen LogP contribution in [-0.4, -0.2) is 44.1 Å². The molecule has 2 N–H and O–H groups in total. The Bertz CT molecular complexity index is 899. The molecule has 2 amide bonds. The maximum atomic E-state index is 13.3. The molecule has 2 heterocycles. The Balaban J connectivity index is 1.44. The molecular weight excluding hydrogens is 399 g/mol. The number of nitrogens with one attached hydrogen (secondary N) is 2. The highest BCUT2D eigenvalue weighted by atomic mass is 32.2. The largest absolute Gasteiger partial charge is 0.356 e. The van der Waals surface area contributed by atoms with Gasteiger partial charge >= 0.3 is 0 Å². The van der Waals surface area contributed by atoms with Crippen molar-refractivity contribution in [3.05, 3.63) is 58.8 Å². The minimum absolute atomic E-state index is 0.0692. The predicted octanol–water partition coefficient (Wildman–Crippen LogP) is 2.89. The summed E-state index contributed by atoms with van der Waals surface area (Å²) < 4.78 is 13.8. The van der Waals surface area contributed by atoms with Gasteiger partial charge < -0.3 is 10.3 Å². The molecular formula is C19H19FN4O2S2. The number of H-pyrrole nitrogens is 1. The van der Waals surface area contributed by atoms with Gasteiger partial charge in [0.25, 0.3) is 5.91 Å². The number of thioether (sulfide) groups is 1. The summed E-state index contributed by atoms with van der Waals surface area (Å²) in [4.78, 5) is 33.3. The fourth-order valence-corrected chi connectivity index (χ4v) is 3.99. The number of aromatic nitrogens is 2. The number of carbonyl (C=O) groups excluding carboxylic acids is 2. The molecule has 28 heavy (non-hydrogen) atoms. The number of thiocarbonyl (C=S) groups is 1. The zero-order valence-electron chi connectivity index (χ0n) is 15.0. The SMILES string of the molecule is O=C(CCCN1C(=O)C(=Cc2cccc(F)c2)SC1=S)NCCc1cnc[nH]1. The van der Waals surface area contributed by atoms with Crippen LogP contribution in [0, 0.1) is 5.82 Å². The van der Waals surface area contributed by atoms with E-state index in [1.165, 1.54) is 28.8 Å². The number of nitrogens with zero attached hydrogens (tertiary/aromatic N) is 2. The Morgan fingerprint density at radius 1 is 1.43 bits per heavy atom. The number of imidazole rings is 1. The minimum atomic E-state index is -0.359. The monoisotopic (exact) mass is 418 g/mol. The second-order valence-corrected chi connectivity index (χ2v) is 7.84. The first-order valence-corrected chi connectivity index (χ1v) is 10.0. The summed E-state index contributed by atoms with van der Waals surface area (Å²) >= 11 is 6.46. The van der Waals surface area contributed by atoms with Gasteiger partial charge in [-0.3, -0.25) is 14.5 Å². The normalized spacial score (nSPS) is 15.5. The van der Waals surface area contributed by atoms with Gasteiger partial charge in [0.2, 0.25) is 5.91 Å². The third kappa shape index (κ3) is 5.49. The molecule has 0 unspecified atom stereocenters. The molecule has 0 spiro atoms. The average molecular weight is 419 g/mol. The van der Waals surface area contributed by atoms with Crippen LogP contribution in [-0.2, 0) is 16.0 Å². The zero-order valence-corrected chi connectivity index (χ0v) is 16.6. The van der Waals surface area contributed by atoms with Crippen LogP contribution < -0.4 is 5.32 Å². The zero-order chi connectivity index (χ0) is 19.9. The molecule has 3 rings (SSSR count). The fraction of sp³-hybridized carbons (Fsp3) is 0.263. The number of aromatic amines is 1. The molecule has 0 atom stereocenters. The smallest absolute Gasteiger partial charge is 0.266 e. The highest BCUT2D eigenvalue weighted by molar-refractivity contribution is 8.26. The molecule has 1 aromatic carbocycles. The molecule has 0 aliphatic carbocycles. The maximum Gasteiger partial charge on any atom is 0.266 e. The van der Waals surface area contributed by atoms with E-state index in [0.29, 0.717) is 47.1 Å². The molecule has 1 saturated heterocycles. The predicted molar refractivity (Wildman–Crippen MR) is 111 cm³/mol. The molecule has 1 fully saturated rings. The second kappa shape index (κ2) is 9.61. The number of carbonyl (C=O) groups is 2. The van der Waals surface area contributed by atoms with Crippen LogP contribution in [0.25, 0.3) is 6.08 Å². The van der Waals surface area contributed by atoms with E-state index >= 15 is 0 Å². The molecule has 1 aliphatic heterocycles. The number of amides is 2. The van der Waals surface area contributed by atoms with Crippen LogP contribution in [0.15, 0.2) is 41.7 Å². The van der Waals surface area contributed by atoms with Gasteiger partial charge in [-0.2, -0.15) is 0 Å². The van der Waals surface area contributed by atoms with E-state index in [1.807, 2.05) is 0 Å². The molecule has 1 aliphatic rings. The van der Waals surface area contributed by atoms with Crippen LogP contribution in [0.4, 0.5) is 4.39 Å². The Labute approximate surface area is 171 Å². The summed E-state index contributed by atoms with van der Waals surface area (Å²) in [6.45, 7) is 0.900. The molecule has 0 radical (unpaired) electrons. The van der Waals surface area contributed by atoms with Crippen molar-refractivity contribution in [2.75, 3.05) is 13.1 Å². The number of hydrogen-bond donors (Lipinski definition) is 2. The highest BCUT2D eigenvalue weighted by Crippen LogP contribution is 2.32. The second-order valence-electron chi connectivity index (χ2n) is 6.17. The van der Waals surface area contributed by atoms with Gasteiger partial charge in [-0.05, 0) is 30.2 Å². The van der Waals surface area contributed by atoms with Gasteiger partial charge in [-0.1, -0.05) is 36.1 Å². The summed E-state index contributed by atoms with van der Waals surface area (Å²) in [5, 5.41) is 2.84. The summed E-state index contributed by atoms with van der Waals surface area (Å²) in [7, 11) is 0. The topological polar surface area (TPSA) is 78.1 Å². The van der Waals surface area contributed by atoms with Crippen molar-refractivity contribution in [3.63, 3.8) is 0 Å². The van der Waals surface area contributed by atoms with Crippen molar-refractivity contribution >= 4 is 46.2 Å². The number of benzene rings is 1. The summed E-state index contributed by atoms with van der Waals surface area (Å²) in [5.74, 6) is -0.637. The first-order valence-electron chi connectivity index (χ1n) is 8.78. The van der Waals surface area contributed by atoms with Crippen molar-refractivity contribution in [3.8, 4) is 0 Å². The minimum Gasteiger partial charge on any atom is -0.356 e. The van der Waals surface area contributed by atoms with E-state index in [-0.39, 0.29) is 17.6 Å². The number of rotatable bonds is 8. The quantitative estimate of drug-likeness (QED) is 0.509. The molecule has 6 nitrogen and oxygen atoms in total. The van der Waals surface area contributed by atoms with Gasteiger partial charge in [0.05, 0.1) is 11.2 Å². The van der Waals surface area contributed by atoms with Crippen LogP contribution in [0.1, 0.15) is 24.1 Å². The van der Waals surface area contributed by atoms with Crippen molar-refractivity contribution in [2.45, 2.75) is 19.3 Å². The van der Waals surface area contributed by atoms with Crippen molar-refractivity contribution in [1.82, 2.24) is 20.2 Å². The van der Waals surface area contributed by atoms with E-state index in [1.54, 1.807) is 30.7 Å². The van der Waals surface area contributed by atoms with E-state index in [0.717, 1.165) is 5.69 Å². The first-order chi connectivity index (χ1) is 13.5. The first kappa shape index (κ1) is 20.2. The Morgan fingerprint density at radius 3 is 3.04 bits per heavy atom. The molecule has 0 bridgehead atoms. The summed E-state index contributed by atoms with van der Waals surface area (Å²) in [5.41, 5.74) is 1.57. The van der Waals surface area contributed by atoms with Crippen LogP contribution in [0.3, 0.4) is 0 Å². The lowest BCUT2D eigenvalue weighted by Crippen LogP contribution is -2.31. The highest BCUT2D eigenvalue weighted by Gasteiger charge is 2.31. The lowest BCUT2D eigenvalue weighted by atomic mass is 10.2. The molecule has 1 aromatic heterocycles. The molecule has 9 heteroatoms. The van der Waals surface area contributed by atoms with Crippen LogP contribution >= 0.6 is 24.0 Å². The van der Waals surface area contributed by atoms with Crippen LogP contribution in [0.5, 0.6) is 0 Å². The Morgan fingerprint density at radius 2 is 2.29 bits per heavy atom. The van der Waals surface area contributed by atoms with Crippen LogP contribution in [0.2, 0.25) is 0 Å². The Hall–Kier alpha value is -2.52. The van der Waals surface area contributed by atoms with Gasteiger partial charge in [0.1, 0.15) is 10.1 Å². The third-order valence-electron chi connectivity index (χ3n) is 4.08. The Kier molecular flexibility index (Phi) is 6.94. The lowest BCUT2D eigenvalue weighted by molar-refractivity contribution is -0.123. The third-order valence-corrected chi connectivity index (χ3v) is 5.45. The lowest BCUT2D eigenvalue weighted by Gasteiger charge is -2.14. The summed E-state index contributed by atoms with van der Waals surface area (Å²) in [6, 6.07) is 6.03. The van der Waals surface area contributed by atoms with E-state index in [4.69, 9.17) is 12.2 Å². The fourth-order valence-electron chi connectivity index (χ4n) is 2.68. The van der Waals surface area contributed by atoms with Gasteiger partial charge in [-0.25, -0.2) is 9.37 Å². The standard InChI is InChI=1S/C19H19FN4O2S2/c20-14-4-1-3-13(9-14)10-16-18(26)24(19(27)28-16)8-2-5-17(25)22-7-6-15-11-21-12-23-15/h1,3-4,9-12H,2,5-8H2,(H,21,23)(H,22,25). The number of hydrogen-bond acceptors (Lipinski definition) is 5. The summed E-state index contributed by atoms with van der Waals surface area (Å²) in [6.07, 6.45) is 6.45. The van der Waals surface area contributed by atoms with E-state index in [9.17, 15) is 14.0 Å². The van der Waals surface area contributed by atoms with Crippen molar-refractivity contribution in [2.24, 2.45) is 0 Å². The van der Waals surface area contributed by atoms with E-state index in [2.05, 4.69) is 15.3 Å². The molecule has 146 valence electrons. The maximum absolute atomic E-state index is 13.3. The van der Waals surface area contributed by atoms with Gasteiger partial charge in [0.15, 0.2) is 0 Å². The van der Waals surface area contributed by atoms with E-state index < -0.39 is 0 Å². The van der Waals surface area contributed by atoms with Crippen molar-refractivity contribution in [1.29, 1.82) is 0 Å². The average Bonchev–Trinajstić information content (AvgIpc) is 3.25. The molecule has 2 aromatic rings. The van der Waals surface area contributed by atoms with Gasteiger partial charge in [-0.15, -0.1) is 0 Å². The van der Waals surface area contributed by atoms with Crippen molar-refractivity contribution < 1.29 is 14.0 Å².